The van der Waals surface area contributed by atoms with Gasteiger partial charge < -0.3 is 29.0 Å². The quantitative estimate of drug-likeness (QED) is 0.281. The molecule has 1 spiro atoms. The molecule has 0 aromatic carbocycles. The lowest BCUT2D eigenvalue weighted by atomic mass is 9.68. The Balaban J connectivity index is 1.52. The molecular formula is C24H41NO6. The molecule has 0 aromatic heterocycles. The molecule has 0 bridgehead atoms. The Kier molecular flexibility index (Phi) is 8.41. The van der Waals surface area contributed by atoms with Crippen LogP contribution in [0.2, 0.25) is 0 Å². The Morgan fingerprint density at radius 3 is 2.58 bits per heavy atom. The van der Waals surface area contributed by atoms with Crippen molar-refractivity contribution in [2.75, 3.05) is 34.0 Å². The van der Waals surface area contributed by atoms with Crippen LogP contribution in [-0.2, 0) is 23.7 Å². The van der Waals surface area contributed by atoms with Gasteiger partial charge in [-0.25, -0.2) is 4.79 Å². The van der Waals surface area contributed by atoms with E-state index in [1.54, 1.807) is 14.2 Å². The van der Waals surface area contributed by atoms with Gasteiger partial charge in [0.2, 0.25) is 0 Å². The van der Waals surface area contributed by atoms with E-state index < -0.39 is 0 Å². The first-order valence-electron chi connectivity index (χ1n) is 11.8. The maximum Gasteiger partial charge on any atom is 0.407 e. The number of amides is 1. The first-order chi connectivity index (χ1) is 14.9. The van der Waals surface area contributed by atoms with Crippen LogP contribution in [0.5, 0.6) is 0 Å². The molecule has 1 amide bonds. The molecule has 2 heterocycles. The van der Waals surface area contributed by atoms with Crippen molar-refractivity contribution in [2.24, 2.45) is 5.92 Å². The van der Waals surface area contributed by atoms with E-state index in [0.29, 0.717) is 6.54 Å². The fraction of sp³-hybridized carbons (Fsp3) is 0.875. The Morgan fingerprint density at radius 1 is 1.19 bits per heavy atom. The molecule has 3 rings (SSSR count). The zero-order valence-corrected chi connectivity index (χ0v) is 19.9. The number of hydrogen-bond acceptors (Lipinski definition) is 6. The van der Waals surface area contributed by atoms with Crippen LogP contribution < -0.4 is 5.32 Å². The van der Waals surface area contributed by atoms with E-state index in [4.69, 9.17) is 23.7 Å². The van der Waals surface area contributed by atoms with E-state index in [0.717, 1.165) is 58.2 Å². The standard InChI is InChI=1S/C24H41NO6/c1-17(2)10-11-19-23(3,31-19)21-20(28-5)18(12-13-24(21)16-29-24)30-22(26)25-14-8-6-7-9-15-27-4/h10,18-21H,6-9,11-16H2,1-5H3,(H,25,26)/t18?,19-,20?,21?,23+,24+/m1/s1. The van der Waals surface area contributed by atoms with Crippen LogP contribution >= 0.6 is 0 Å². The fourth-order valence-electron chi connectivity index (χ4n) is 5.16. The molecule has 0 radical (unpaired) electrons. The second-order valence-electron chi connectivity index (χ2n) is 9.66. The molecule has 6 atom stereocenters. The average Bonchev–Trinajstić information content (AvgIpc) is 3.64. The van der Waals surface area contributed by atoms with Gasteiger partial charge in [-0.3, -0.25) is 0 Å². The van der Waals surface area contributed by atoms with E-state index in [2.05, 4.69) is 32.2 Å². The van der Waals surface area contributed by atoms with Crippen LogP contribution in [0, 0.1) is 5.92 Å². The molecule has 3 unspecified atom stereocenters. The summed E-state index contributed by atoms with van der Waals surface area (Å²) in [4.78, 5) is 12.4. The molecular weight excluding hydrogens is 398 g/mol. The van der Waals surface area contributed by atoms with Crippen molar-refractivity contribution in [3.05, 3.63) is 11.6 Å². The van der Waals surface area contributed by atoms with Crippen molar-refractivity contribution < 1.29 is 28.5 Å². The van der Waals surface area contributed by atoms with Gasteiger partial charge in [-0.2, -0.15) is 0 Å². The summed E-state index contributed by atoms with van der Waals surface area (Å²) in [6.45, 7) is 8.51. The lowest BCUT2D eigenvalue weighted by Gasteiger charge is -2.42. The summed E-state index contributed by atoms with van der Waals surface area (Å²) in [6, 6.07) is 0. The molecule has 7 heteroatoms. The number of rotatable bonds is 12. The molecule has 31 heavy (non-hydrogen) atoms. The molecule has 1 aliphatic carbocycles. The molecule has 1 saturated carbocycles. The van der Waals surface area contributed by atoms with E-state index in [1.165, 1.54) is 5.57 Å². The third-order valence-corrected chi connectivity index (χ3v) is 7.04. The maximum atomic E-state index is 12.4. The predicted molar refractivity (Wildman–Crippen MR) is 118 cm³/mol. The van der Waals surface area contributed by atoms with Crippen molar-refractivity contribution >= 4 is 6.09 Å². The zero-order valence-electron chi connectivity index (χ0n) is 19.9. The Labute approximate surface area is 187 Å². The SMILES string of the molecule is COCCCCCCNC(=O)OC1CC[C@]2(CO2)C([C@@]2(C)O[C@@H]2CC=C(C)C)C1OC. The van der Waals surface area contributed by atoms with Gasteiger partial charge in [-0.15, -0.1) is 0 Å². The highest BCUT2D eigenvalue weighted by molar-refractivity contribution is 5.67. The van der Waals surface area contributed by atoms with Gasteiger partial charge in [0, 0.05) is 27.4 Å². The molecule has 7 nitrogen and oxygen atoms in total. The zero-order chi connectivity index (χ0) is 22.5. The van der Waals surface area contributed by atoms with Gasteiger partial charge in [0.05, 0.1) is 18.6 Å². The number of nitrogens with one attached hydrogen (secondary N) is 1. The predicted octanol–water partition coefficient (Wildman–Crippen LogP) is 4.00. The summed E-state index contributed by atoms with van der Waals surface area (Å²) in [7, 11) is 3.42. The topological polar surface area (TPSA) is 81.9 Å². The number of epoxide rings is 2. The Hall–Kier alpha value is -1.15. The minimum absolute atomic E-state index is 0.0490. The van der Waals surface area contributed by atoms with Gasteiger partial charge in [-0.05, 0) is 52.9 Å². The molecule has 3 aliphatic rings. The van der Waals surface area contributed by atoms with Crippen molar-refractivity contribution in [1.82, 2.24) is 5.32 Å². The first kappa shape index (κ1) is 24.5. The van der Waals surface area contributed by atoms with Crippen LogP contribution in [0.25, 0.3) is 0 Å². The highest BCUT2D eigenvalue weighted by Gasteiger charge is 2.72. The fourth-order valence-corrected chi connectivity index (χ4v) is 5.16. The minimum Gasteiger partial charge on any atom is -0.443 e. The molecule has 2 aliphatic heterocycles. The minimum atomic E-state index is -0.363. The molecule has 3 fully saturated rings. The van der Waals surface area contributed by atoms with Crippen molar-refractivity contribution in [3.63, 3.8) is 0 Å². The third-order valence-electron chi connectivity index (χ3n) is 7.04. The first-order valence-corrected chi connectivity index (χ1v) is 11.8. The molecule has 178 valence electrons. The average molecular weight is 440 g/mol. The molecule has 2 saturated heterocycles. The molecule has 0 aromatic rings. The van der Waals surface area contributed by atoms with Crippen LogP contribution in [0.3, 0.4) is 0 Å². The second-order valence-corrected chi connectivity index (χ2v) is 9.66. The van der Waals surface area contributed by atoms with Crippen LogP contribution in [0.15, 0.2) is 11.6 Å². The van der Waals surface area contributed by atoms with Gasteiger partial charge in [-0.1, -0.05) is 24.5 Å². The second kappa shape index (κ2) is 10.6. The summed E-state index contributed by atoms with van der Waals surface area (Å²) < 4.78 is 29.0. The largest absolute Gasteiger partial charge is 0.443 e. The number of allylic oxidation sites excluding steroid dienone is 1. The van der Waals surface area contributed by atoms with Crippen molar-refractivity contribution in [2.45, 2.75) is 95.2 Å². The van der Waals surface area contributed by atoms with Crippen LogP contribution in [0.1, 0.15) is 65.7 Å². The number of carbonyl (C=O) groups is 1. The van der Waals surface area contributed by atoms with E-state index in [-0.39, 0.29) is 41.5 Å². The number of hydrogen-bond donors (Lipinski definition) is 1. The van der Waals surface area contributed by atoms with Gasteiger partial charge in [0.15, 0.2) is 0 Å². The summed E-state index contributed by atoms with van der Waals surface area (Å²) in [5.41, 5.74) is 0.774. The highest BCUT2D eigenvalue weighted by atomic mass is 16.6. The normalized spacial score (nSPS) is 36.2. The summed E-state index contributed by atoms with van der Waals surface area (Å²) in [5.74, 6) is 0.0490. The number of carbonyl (C=O) groups excluding carboxylic acids is 1. The smallest absolute Gasteiger partial charge is 0.407 e. The lowest BCUT2D eigenvalue weighted by Crippen LogP contribution is -2.56. The summed E-state index contributed by atoms with van der Waals surface area (Å²) in [5, 5.41) is 2.89. The maximum absolute atomic E-state index is 12.4. The van der Waals surface area contributed by atoms with Crippen LogP contribution in [0.4, 0.5) is 4.79 Å². The monoisotopic (exact) mass is 439 g/mol. The molecule has 1 N–H and O–H groups in total. The number of ether oxygens (including phenoxy) is 5. The summed E-state index contributed by atoms with van der Waals surface area (Å²) in [6.07, 6.45) is 8.14. The van der Waals surface area contributed by atoms with Gasteiger partial charge in [0.1, 0.15) is 23.4 Å². The van der Waals surface area contributed by atoms with Crippen molar-refractivity contribution in [3.8, 4) is 0 Å². The van der Waals surface area contributed by atoms with E-state index >= 15 is 0 Å². The lowest BCUT2D eigenvalue weighted by molar-refractivity contribution is -0.118. The number of alkyl carbamates (subject to hydrolysis) is 1. The van der Waals surface area contributed by atoms with Crippen molar-refractivity contribution in [1.29, 1.82) is 0 Å². The number of methoxy groups -OCH3 is 2. The Bertz CT molecular complexity index is 630. The van der Waals surface area contributed by atoms with E-state index in [9.17, 15) is 4.79 Å². The summed E-state index contributed by atoms with van der Waals surface area (Å²) >= 11 is 0. The van der Waals surface area contributed by atoms with E-state index in [1.807, 2.05) is 0 Å². The Morgan fingerprint density at radius 2 is 1.94 bits per heavy atom. The van der Waals surface area contributed by atoms with Gasteiger partial charge in [0.25, 0.3) is 0 Å². The number of unbranched alkanes of at least 4 members (excludes halogenated alkanes) is 3. The third kappa shape index (κ3) is 6.01. The van der Waals surface area contributed by atoms with Gasteiger partial charge >= 0.3 is 6.09 Å². The van der Waals surface area contributed by atoms with Crippen LogP contribution in [-0.4, -0.2) is 69.6 Å². The highest BCUT2D eigenvalue weighted by Crippen LogP contribution is 2.59.